The molecule has 0 unspecified atom stereocenters. The summed E-state index contributed by atoms with van der Waals surface area (Å²) in [6.07, 6.45) is 4.51. The van der Waals surface area contributed by atoms with Crippen LogP contribution in [0.4, 0.5) is 0 Å². The van der Waals surface area contributed by atoms with Gasteiger partial charge in [-0.15, -0.1) is 0 Å². The SMILES string of the molecule is CN(Cc1ccccc1CN1CCCC1)C(=O)Cn1cc2ccccc2n1. The van der Waals surface area contributed by atoms with Crippen molar-refractivity contribution in [1.29, 1.82) is 0 Å². The van der Waals surface area contributed by atoms with Gasteiger partial charge in [-0.1, -0.05) is 42.5 Å². The number of benzene rings is 2. The summed E-state index contributed by atoms with van der Waals surface area (Å²) in [6, 6.07) is 16.4. The van der Waals surface area contributed by atoms with E-state index in [4.69, 9.17) is 0 Å². The van der Waals surface area contributed by atoms with Gasteiger partial charge in [-0.3, -0.25) is 14.4 Å². The highest BCUT2D eigenvalue weighted by atomic mass is 16.2. The Hall–Kier alpha value is -2.66. The van der Waals surface area contributed by atoms with E-state index in [1.807, 2.05) is 37.5 Å². The van der Waals surface area contributed by atoms with Gasteiger partial charge in [-0.2, -0.15) is 5.10 Å². The Kier molecular flexibility index (Phi) is 5.21. The summed E-state index contributed by atoms with van der Waals surface area (Å²) in [5.74, 6) is 0.0683. The largest absolute Gasteiger partial charge is 0.340 e. The highest BCUT2D eigenvalue weighted by Crippen LogP contribution is 2.18. The Balaban J connectivity index is 1.42. The fraction of sp³-hybridized carbons (Fsp3) is 0.364. The second-order valence-corrected chi connectivity index (χ2v) is 7.39. The Morgan fingerprint density at radius 3 is 2.52 bits per heavy atom. The van der Waals surface area contributed by atoms with E-state index < -0.39 is 0 Å². The van der Waals surface area contributed by atoms with Crippen LogP contribution in [-0.2, 0) is 24.4 Å². The molecule has 0 saturated carbocycles. The maximum absolute atomic E-state index is 12.7. The molecule has 2 heterocycles. The number of nitrogens with zero attached hydrogens (tertiary/aromatic N) is 4. The molecule has 0 spiro atoms. The van der Waals surface area contributed by atoms with E-state index in [1.165, 1.54) is 37.1 Å². The van der Waals surface area contributed by atoms with Crippen molar-refractivity contribution in [2.24, 2.45) is 0 Å². The average molecular weight is 362 g/mol. The number of likely N-dealkylation sites (tertiary alicyclic amines) is 1. The molecule has 1 saturated heterocycles. The van der Waals surface area contributed by atoms with Gasteiger partial charge in [0.1, 0.15) is 6.54 Å². The Bertz CT molecular complexity index is 894. The van der Waals surface area contributed by atoms with Crippen molar-refractivity contribution in [1.82, 2.24) is 19.6 Å². The monoisotopic (exact) mass is 362 g/mol. The topological polar surface area (TPSA) is 41.4 Å². The first kappa shape index (κ1) is 17.7. The molecule has 5 heteroatoms. The molecule has 5 nitrogen and oxygen atoms in total. The standard InChI is InChI=1S/C22H26N4O/c1-24(22(27)17-26-16-20-10-4-5-11-21(20)23-26)14-18-8-2-3-9-19(18)15-25-12-6-7-13-25/h2-5,8-11,16H,6-7,12-15,17H2,1H3. The lowest BCUT2D eigenvalue weighted by atomic mass is 10.1. The molecule has 0 radical (unpaired) electrons. The molecule has 0 atom stereocenters. The minimum Gasteiger partial charge on any atom is -0.340 e. The van der Waals surface area contributed by atoms with Gasteiger partial charge in [0.05, 0.1) is 5.52 Å². The number of aromatic nitrogens is 2. The number of fused-ring (bicyclic) bond motifs is 1. The lowest BCUT2D eigenvalue weighted by Gasteiger charge is -2.21. The number of hydrogen-bond acceptors (Lipinski definition) is 3. The summed E-state index contributed by atoms with van der Waals surface area (Å²) in [5.41, 5.74) is 3.47. The van der Waals surface area contributed by atoms with Crippen LogP contribution >= 0.6 is 0 Å². The summed E-state index contributed by atoms with van der Waals surface area (Å²) >= 11 is 0. The average Bonchev–Trinajstić information content (AvgIpc) is 3.32. The van der Waals surface area contributed by atoms with Crippen LogP contribution in [0.3, 0.4) is 0 Å². The van der Waals surface area contributed by atoms with Crippen LogP contribution in [0.2, 0.25) is 0 Å². The van der Waals surface area contributed by atoms with Gasteiger partial charge in [0.2, 0.25) is 5.91 Å². The van der Waals surface area contributed by atoms with E-state index in [2.05, 4.69) is 34.3 Å². The molecule has 1 aliphatic heterocycles. The van der Waals surface area contributed by atoms with Gasteiger partial charge < -0.3 is 4.90 Å². The summed E-state index contributed by atoms with van der Waals surface area (Å²) in [7, 11) is 1.87. The number of hydrogen-bond donors (Lipinski definition) is 0. The van der Waals surface area contributed by atoms with Crippen molar-refractivity contribution < 1.29 is 4.79 Å². The molecule has 1 amide bonds. The highest BCUT2D eigenvalue weighted by Gasteiger charge is 2.16. The van der Waals surface area contributed by atoms with Gasteiger partial charge in [0.15, 0.2) is 0 Å². The number of carbonyl (C=O) groups excluding carboxylic acids is 1. The lowest BCUT2D eigenvalue weighted by molar-refractivity contribution is -0.131. The molecule has 0 bridgehead atoms. The van der Waals surface area contributed by atoms with Gasteiger partial charge in [-0.25, -0.2) is 0 Å². The van der Waals surface area contributed by atoms with Crippen molar-refractivity contribution in [2.75, 3.05) is 20.1 Å². The van der Waals surface area contributed by atoms with E-state index in [0.29, 0.717) is 6.54 Å². The van der Waals surface area contributed by atoms with Crippen LogP contribution in [0.15, 0.2) is 54.7 Å². The van der Waals surface area contributed by atoms with Crippen LogP contribution < -0.4 is 0 Å². The predicted octanol–water partition coefficient (Wildman–Crippen LogP) is 3.29. The normalized spacial score (nSPS) is 14.7. The molecule has 1 fully saturated rings. The zero-order valence-electron chi connectivity index (χ0n) is 15.8. The zero-order chi connectivity index (χ0) is 18.6. The number of rotatable bonds is 6. The number of carbonyl (C=O) groups is 1. The van der Waals surface area contributed by atoms with Crippen molar-refractivity contribution in [3.63, 3.8) is 0 Å². The highest BCUT2D eigenvalue weighted by molar-refractivity contribution is 5.79. The zero-order valence-corrected chi connectivity index (χ0v) is 15.8. The van der Waals surface area contributed by atoms with Crippen molar-refractivity contribution >= 4 is 16.8 Å². The molecule has 27 heavy (non-hydrogen) atoms. The molecule has 3 aromatic rings. The van der Waals surface area contributed by atoms with E-state index in [0.717, 1.165) is 17.4 Å². The fourth-order valence-corrected chi connectivity index (χ4v) is 3.75. The molecule has 0 aliphatic carbocycles. The van der Waals surface area contributed by atoms with Crippen LogP contribution in [-0.4, -0.2) is 45.6 Å². The van der Waals surface area contributed by atoms with E-state index in [-0.39, 0.29) is 12.5 Å². The molecule has 1 aliphatic rings. The first-order valence-electron chi connectivity index (χ1n) is 9.64. The van der Waals surface area contributed by atoms with Gasteiger partial charge >= 0.3 is 0 Å². The Morgan fingerprint density at radius 1 is 1.04 bits per heavy atom. The third kappa shape index (κ3) is 4.19. The van der Waals surface area contributed by atoms with E-state index >= 15 is 0 Å². The Morgan fingerprint density at radius 2 is 1.74 bits per heavy atom. The number of amides is 1. The van der Waals surface area contributed by atoms with Crippen LogP contribution in [0.25, 0.3) is 10.9 Å². The number of likely N-dealkylation sites (N-methyl/N-ethyl adjacent to an activating group) is 1. The second kappa shape index (κ2) is 7.92. The minimum absolute atomic E-state index is 0.0683. The molecule has 4 rings (SSSR count). The molecule has 0 N–H and O–H groups in total. The predicted molar refractivity (Wildman–Crippen MR) is 107 cm³/mol. The van der Waals surface area contributed by atoms with Gasteiger partial charge in [0.25, 0.3) is 0 Å². The maximum Gasteiger partial charge on any atom is 0.244 e. The summed E-state index contributed by atoms with van der Waals surface area (Å²) < 4.78 is 1.74. The first-order valence-corrected chi connectivity index (χ1v) is 9.64. The summed E-state index contributed by atoms with van der Waals surface area (Å²) in [4.78, 5) is 17.0. The van der Waals surface area contributed by atoms with Crippen molar-refractivity contribution in [2.45, 2.75) is 32.5 Å². The molecule has 140 valence electrons. The van der Waals surface area contributed by atoms with Crippen molar-refractivity contribution in [3.05, 3.63) is 65.9 Å². The minimum atomic E-state index is 0.0683. The third-order valence-electron chi connectivity index (χ3n) is 5.30. The molecular formula is C22H26N4O. The van der Waals surface area contributed by atoms with Crippen LogP contribution in [0.1, 0.15) is 24.0 Å². The summed E-state index contributed by atoms with van der Waals surface area (Å²) in [6.45, 7) is 4.22. The Labute approximate surface area is 160 Å². The smallest absolute Gasteiger partial charge is 0.244 e. The summed E-state index contributed by atoms with van der Waals surface area (Å²) in [5, 5.41) is 5.55. The molecule has 1 aromatic heterocycles. The maximum atomic E-state index is 12.7. The quantitative estimate of drug-likeness (QED) is 0.676. The van der Waals surface area contributed by atoms with Gasteiger partial charge in [0, 0.05) is 31.7 Å². The third-order valence-corrected chi connectivity index (χ3v) is 5.30. The lowest BCUT2D eigenvalue weighted by Crippen LogP contribution is -2.30. The van der Waals surface area contributed by atoms with Gasteiger partial charge in [-0.05, 0) is 43.1 Å². The van der Waals surface area contributed by atoms with E-state index in [1.54, 1.807) is 9.58 Å². The molecule has 2 aromatic carbocycles. The van der Waals surface area contributed by atoms with Crippen LogP contribution in [0, 0.1) is 0 Å². The first-order chi connectivity index (χ1) is 13.2. The second-order valence-electron chi connectivity index (χ2n) is 7.39. The van der Waals surface area contributed by atoms with E-state index in [9.17, 15) is 4.79 Å². The van der Waals surface area contributed by atoms with Crippen molar-refractivity contribution in [3.8, 4) is 0 Å². The van der Waals surface area contributed by atoms with Crippen LogP contribution in [0.5, 0.6) is 0 Å². The fourth-order valence-electron chi connectivity index (χ4n) is 3.75. The molecular weight excluding hydrogens is 336 g/mol.